The molecule has 4 heteroatoms. The van der Waals surface area contributed by atoms with Crippen LogP contribution in [0.5, 0.6) is 0 Å². The fraction of sp³-hybridized carbons (Fsp3) is 0.143. The molecule has 3 N–H and O–H groups in total. The highest BCUT2D eigenvalue weighted by molar-refractivity contribution is 6.47. The Morgan fingerprint density at radius 1 is 1.55 bits per heavy atom. The number of rotatable bonds is 1. The Balaban J connectivity index is 3.29. The summed E-state index contributed by atoms with van der Waals surface area (Å²) in [6.45, 7) is 0. The van der Waals surface area contributed by atoms with Gasteiger partial charge >= 0.3 is 0 Å². The van der Waals surface area contributed by atoms with Gasteiger partial charge in [-0.15, -0.1) is 0 Å². The molecule has 0 heterocycles. The van der Waals surface area contributed by atoms with Gasteiger partial charge in [0.05, 0.1) is 16.4 Å². The van der Waals surface area contributed by atoms with Crippen molar-refractivity contribution in [1.82, 2.24) is 0 Å². The number of benzene rings is 1. The van der Waals surface area contributed by atoms with Gasteiger partial charge in [-0.3, -0.25) is 0 Å². The number of nitrogens with two attached hydrogens (primary N) is 1. The maximum atomic E-state index is 5.83. The summed E-state index contributed by atoms with van der Waals surface area (Å²) in [5.41, 5.74) is 7.42. The van der Waals surface area contributed by atoms with Crippen LogP contribution in [0.3, 0.4) is 0 Å². The van der Waals surface area contributed by atoms with Gasteiger partial charge < -0.3 is 11.1 Å². The summed E-state index contributed by atoms with van der Waals surface area (Å²) in [7, 11) is 7.28. The SMILES string of the molecule is [B]c1ccc(N)c(NC)c1Cl. The fourth-order valence-electron chi connectivity index (χ4n) is 0.861. The minimum atomic E-state index is 0.479. The van der Waals surface area contributed by atoms with E-state index in [0.717, 1.165) is 0 Å². The van der Waals surface area contributed by atoms with E-state index in [1.165, 1.54) is 0 Å². The van der Waals surface area contributed by atoms with Crippen LogP contribution in [-0.4, -0.2) is 14.9 Å². The lowest BCUT2D eigenvalue weighted by molar-refractivity contribution is 1.52. The van der Waals surface area contributed by atoms with E-state index in [2.05, 4.69) is 5.32 Å². The number of anilines is 2. The molecule has 0 atom stereocenters. The van der Waals surface area contributed by atoms with Crippen molar-refractivity contribution in [2.75, 3.05) is 18.1 Å². The van der Waals surface area contributed by atoms with Gasteiger partial charge in [0.2, 0.25) is 0 Å². The van der Waals surface area contributed by atoms with Crippen LogP contribution in [0, 0.1) is 0 Å². The van der Waals surface area contributed by atoms with Crippen LogP contribution in [0.1, 0.15) is 0 Å². The molecular formula is C7H8BClN2. The van der Waals surface area contributed by atoms with Gasteiger partial charge in [-0.25, -0.2) is 0 Å². The van der Waals surface area contributed by atoms with Crippen LogP contribution >= 0.6 is 11.6 Å². The molecule has 0 unspecified atom stereocenters. The second-order valence-corrected chi connectivity index (χ2v) is 2.56. The Hall–Kier alpha value is -0.825. The van der Waals surface area contributed by atoms with Crippen molar-refractivity contribution >= 4 is 36.3 Å². The first-order valence-corrected chi connectivity index (χ1v) is 3.55. The molecule has 1 aromatic carbocycles. The Labute approximate surface area is 72.1 Å². The summed E-state index contributed by atoms with van der Waals surface area (Å²) in [5, 5.41) is 3.35. The Kier molecular flexibility index (Phi) is 2.30. The lowest BCUT2D eigenvalue weighted by Crippen LogP contribution is -2.08. The van der Waals surface area contributed by atoms with Crippen LogP contribution in [0.25, 0.3) is 0 Å². The monoisotopic (exact) mass is 166 g/mol. The maximum Gasteiger partial charge on any atom is 0.116 e. The van der Waals surface area contributed by atoms with Gasteiger partial charge in [0.25, 0.3) is 0 Å². The first-order chi connectivity index (χ1) is 5.16. The van der Waals surface area contributed by atoms with E-state index in [-0.39, 0.29) is 0 Å². The summed E-state index contributed by atoms with van der Waals surface area (Å²) in [6, 6.07) is 3.39. The zero-order chi connectivity index (χ0) is 8.43. The maximum absolute atomic E-state index is 5.83. The molecule has 11 heavy (non-hydrogen) atoms. The molecule has 2 nitrogen and oxygen atoms in total. The molecule has 0 bridgehead atoms. The number of hydrogen-bond acceptors (Lipinski definition) is 2. The predicted molar refractivity (Wildman–Crippen MR) is 50.8 cm³/mol. The molecule has 1 aromatic rings. The minimum absolute atomic E-state index is 0.479. The molecule has 0 spiro atoms. The van der Waals surface area contributed by atoms with E-state index in [4.69, 9.17) is 25.2 Å². The average Bonchev–Trinajstić information content (AvgIpc) is 1.99. The van der Waals surface area contributed by atoms with Gasteiger partial charge in [0.1, 0.15) is 7.85 Å². The van der Waals surface area contributed by atoms with Gasteiger partial charge in [0, 0.05) is 7.05 Å². The Morgan fingerprint density at radius 2 is 2.18 bits per heavy atom. The Morgan fingerprint density at radius 3 is 2.64 bits per heavy atom. The van der Waals surface area contributed by atoms with E-state index in [1.54, 1.807) is 19.2 Å². The molecule has 56 valence electrons. The van der Waals surface area contributed by atoms with E-state index in [0.29, 0.717) is 21.9 Å². The summed E-state index contributed by atoms with van der Waals surface area (Å²) in [6.07, 6.45) is 0. The standard InChI is InChI=1S/C7H8BClN2/c1-11-7-5(10)3-2-4(8)6(7)9/h2-3,11H,10H2,1H3. The number of hydrogen-bond donors (Lipinski definition) is 2. The van der Waals surface area contributed by atoms with Crippen molar-refractivity contribution in [2.45, 2.75) is 0 Å². The first kappa shape index (κ1) is 8.27. The van der Waals surface area contributed by atoms with Crippen molar-refractivity contribution in [1.29, 1.82) is 0 Å². The normalized spacial score (nSPS) is 9.64. The third-order valence-corrected chi connectivity index (χ3v) is 1.86. The van der Waals surface area contributed by atoms with Crippen LogP contribution in [0.4, 0.5) is 11.4 Å². The molecule has 0 saturated heterocycles. The zero-order valence-electron chi connectivity index (χ0n) is 6.19. The van der Waals surface area contributed by atoms with Gasteiger partial charge in [-0.1, -0.05) is 23.1 Å². The van der Waals surface area contributed by atoms with Crippen LogP contribution in [0.15, 0.2) is 12.1 Å². The molecule has 0 aliphatic rings. The first-order valence-electron chi connectivity index (χ1n) is 3.18. The fourth-order valence-corrected chi connectivity index (χ4v) is 1.13. The van der Waals surface area contributed by atoms with Crippen molar-refractivity contribution in [3.8, 4) is 0 Å². The van der Waals surface area contributed by atoms with Gasteiger partial charge in [-0.2, -0.15) is 0 Å². The van der Waals surface area contributed by atoms with Gasteiger partial charge in [-0.05, 0) is 6.07 Å². The van der Waals surface area contributed by atoms with Crippen LogP contribution in [-0.2, 0) is 0 Å². The average molecular weight is 166 g/mol. The topological polar surface area (TPSA) is 38.0 Å². The highest BCUT2D eigenvalue weighted by Gasteiger charge is 2.03. The van der Waals surface area contributed by atoms with E-state index in [1.807, 2.05) is 0 Å². The van der Waals surface area contributed by atoms with E-state index >= 15 is 0 Å². The molecule has 1 rings (SSSR count). The third kappa shape index (κ3) is 1.43. The number of nitrogens with one attached hydrogen (secondary N) is 1. The van der Waals surface area contributed by atoms with Crippen molar-refractivity contribution < 1.29 is 0 Å². The molecule has 0 aliphatic heterocycles. The predicted octanol–water partition coefficient (Wildman–Crippen LogP) is 0.758. The van der Waals surface area contributed by atoms with Crippen molar-refractivity contribution in [2.24, 2.45) is 0 Å². The van der Waals surface area contributed by atoms with Gasteiger partial charge in [0.15, 0.2) is 0 Å². The summed E-state index contributed by atoms with van der Waals surface area (Å²) in [4.78, 5) is 0. The van der Waals surface area contributed by atoms with Crippen LogP contribution < -0.4 is 16.5 Å². The van der Waals surface area contributed by atoms with E-state index < -0.39 is 0 Å². The zero-order valence-corrected chi connectivity index (χ0v) is 6.94. The van der Waals surface area contributed by atoms with Crippen LogP contribution in [0.2, 0.25) is 5.02 Å². The molecule has 0 amide bonds. The minimum Gasteiger partial charge on any atom is -0.397 e. The molecule has 0 aromatic heterocycles. The van der Waals surface area contributed by atoms with Crippen molar-refractivity contribution in [3.63, 3.8) is 0 Å². The molecule has 0 aliphatic carbocycles. The Bertz CT molecular complexity index is 275. The number of nitrogen functional groups attached to an aromatic ring is 1. The smallest absolute Gasteiger partial charge is 0.116 e. The second-order valence-electron chi connectivity index (χ2n) is 2.18. The summed E-state index contributed by atoms with van der Waals surface area (Å²) >= 11 is 5.83. The quantitative estimate of drug-likeness (QED) is 0.477. The highest BCUT2D eigenvalue weighted by atomic mass is 35.5. The second kappa shape index (κ2) is 3.05. The third-order valence-electron chi connectivity index (χ3n) is 1.45. The lowest BCUT2D eigenvalue weighted by Gasteiger charge is -2.08. The number of halogens is 1. The highest BCUT2D eigenvalue weighted by Crippen LogP contribution is 2.24. The summed E-state index contributed by atoms with van der Waals surface area (Å²) < 4.78 is 0. The molecular weight excluding hydrogens is 158 g/mol. The molecule has 0 fully saturated rings. The lowest BCUT2D eigenvalue weighted by atomic mass is 9.95. The summed E-state index contributed by atoms with van der Waals surface area (Å²) in [5.74, 6) is 0. The molecule has 0 saturated carbocycles. The largest absolute Gasteiger partial charge is 0.397 e. The van der Waals surface area contributed by atoms with E-state index in [9.17, 15) is 0 Å². The van der Waals surface area contributed by atoms with Crippen molar-refractivity contribution in [3.05, 3.63) is 17.2 Å². The molecule has 2 radical (unpaired) electrons.